The first-order chi connectivity index (χ1) is 9.65. The van der Waals surface area contributed by atoms with Crippen molar-refractivity contribution < 1.29 is 13.9 Å². The average molecular weight is 338 g/mol. The summed E-state index contributed by atoms with van der Waals surface area (Å²) < 4.78 is 25.0. The van der Waals surface area contributed by atoms with Crippen molar-refractivity contribution in [3.05, 3.63) is 57.8 Å². The summed E-state index contributed by atoms with van der Waals surface area (Å²) in [6.07, 6.45) is 0. The molecule has 2 N–H and O–H groups in total. The summed E-state index contributed by atoms with van der Waals surface area (Å²) >= 11 is 3.22. The van der Waals surface area contributed by atoms with Crippen LogP contribution in [0.3, 0.4) is 0 Å². The molecule has 104 valence electrons. The molecule has 0 saturated heterocycles. The van der Waals surface area contributed by atoms with Crippen LogP contribution in [-0.2, 0) is 6.61 Å². The Labute approximate surface area is 124 Å². The Hall–Kier alpha value is -1.59. The van der Waals surface area contributed by atoms with Crippen molar-refractivity contribution in [3.8, 4) is 11.5 Å². The van der Waals surface area contributed by atoms with Crippen LogP contribution in [0.5, 0.6) is 11.5 Å². The van der Waals surface area contributed by atoms with Crippen LogP contribution in [0.4, 0.5) is 4.39 Å². The van der Waals surface area contributed by atoms with Crippen LogP contribution in [0.25, 0.3) is 0 Å². The van der Waals surface area contributed by atoms with E-state index < -0.39 is 0 Å². The molecule has 1 aliphatic rings. The molecule has 2 aromatic carbocycles. The number of halogens is 2. The zero-order chi connectivity index (χ0) is 14.1. The number of benzene rings is 2. The van der Waals surface area contributed by atoms with Gasteiger partial charge in [-0.05, 0) is 34.1 Å². The van der Waals surface area contributed by atoms with E-state index in [1.807, 2.05) is 24.3 Å². The van der Waals surface area contributed by atoms with Crippen molar-refractivity contribution >= 4 is 15.9 Å². The van der Waals surface area contributed by atoms with Crippen LogP contribution >= 0.6 is 15.9 Å². The van der Waals surface area contributed by atoms with Crippen LogP contribution in [0.1, 0.15) is 17.2 Å². The van der Waals surface area contributed by atoms with Crippen LogP contribution in [0, 0.1) is 5.82 Å². The zero-order valence-corrected chi connectivity index (χ0v) is 12.2. The number of rotatable bonds is 3. The van der Waals surface area contributed by atoms with E-state index in [0.29, 0.717) is 16.8 Å². The lowest BCUT2D eigenvalue weighted by atomic mass is 10.1. The molecule has 1 atom stereocenters. The minimum atomic E-state index is -0.297. The number of ether oxygens (including phenoxy) is 2. The molecule has 0 radical (unpaired) electrons. The summed E-state index contributed by atoms with van der Waals surface area (Å²) in [5.74, 6) is 1.14. The van der Waals surface area contributed by atoms with Gasteiger partial charge in [-0.25, -0.2) is 4.39 Å². The van der Waals surface area contributed by atoms with Gasteiger partial charge in [-0.2, -0.15) is 0 Å². The molecule has 0 amide bonds. The SMILES string of the molecule is NC1COc2cc(OCc3cccc(F)c3Br)ccc21. The van der Waals surface area contributed by atoms with Gasteiger partial charge < -0.3 is 15.2 Å². The van der Waals surface area contributed by atoms with E-state index >= 15 is 0 Å². The monoisotopic (exact) mass is 337 g/mol. The van der Waals surface area contributed by atoms with Gasteiger partial charge in [-0.15, -0.1) is 0 Å². The fraction of sp³-hybridized carbons (Fsp3) is 0.200. The predicted octanol–water partition coefficient (Wildman–Crippen LogP) is 3.56. The van der Waals surface area contributed by atoms with Gasteiger partial charge in [0.2, 0.25) is 0 Å². The molecule has 3 rings (SSSR count). The molecule has 2 aromatic rings. The van der Waals surface area contributed by atoms with Gasteiger partial charge >= 0.3 is 0 Å². The number of nitrogens with two attached hydrogens (primary N) is 1. The van der Waals surface area contributed by atoms with Gasteiger partial charge in [0, 0.05) is 17.2 Å². The molecule has 1 heterocycles. The maximum atomic E-state index is 13.4. The third kappa shape index (κ3) is 2.51. The summed E-state index contributed by atoms with van der Waals surface area (Å²) in [7, 11) is 0. The van der Waals surface area contributed by atoms with Crippen molar-refractivity contribution in [2.75, 3.05) is 6.61 Å². The van der Waals surface area contributed by atoms with Gasteiger partial charge in [0.05, 0.1) is 10.5 Å². The third-order valence-corrected chi connectivity index (χ3v) is 4.12. The maximum absolute atomic E-state index is 13.4. The number of fused-ring (bicyclic) bond motifs is 1. The highest BCUT2D eigenvalue weighted by molar-refractivity contribution is 9.10. The van der Waals surface area contributed by atoms with Crippen molar-refractivity contribution in [3.63, 3.8) is 0 Å². The lowest BCUT2D eigenvalue weighted by Crippen LogP contribution is -2.10. The Morgan fingerprint density at radius 2 is 2.20 bits per heavy atom. The van der Waals surface area contributed by atoms with Crippen LogP contribution in [0.2, 0.25) is 0 Å². The Kier molecular flexibility index (Phi) is 3.63. The Balaban J connectivity index is 1.74. The van der Waals surface area contributed by atoms with Crippen molar-refractivity contribution in [2.45, 2.75) is 12.6 Å². The molecule has 0 aliphatic carbocycles. The average Bonchev–Trinajstić information content (AvgIpc) is 2.82. The Morgan fingerprint density at radius 1 is 1.35 bits per heavy atom. The van der Waals surface area contributed by atoms with Gasteiger partial charge in [-0.1, -0.05) is 12.1 Å². The first-order valence-electron chi connectivity index (χ1n) is 6.23. The number of hydrogen-bond donors (Lipinski definition) is 1. The summed E-state index contributed by atoms with van der Waals surface area (Å²) in [6.45, 7) is 0.775. The van der Waals surface area contributed by atoms with Gasteiger partial charge in [-0.3, -0.25) is 0 Å². The minimum absolute atomic E-state index is 0.0728. The fourth-order valence-corrected chi connectivity index (χ4v) is 2.50. The normalized spacial score (nSPS) is 16.6. The maximum Gasteiger partial charge on any atom is 0.137 e. The van der Waals surface area contributed by atoms with Crippen LogP contribution in [0.15, 0.2) is 40.9 Å². The number of hydrogen-bond acceptors (Lipinski definition) is 3. The van der Waals surface area contributed by atoms with E-state index in [4.69, 9.17) is 15.2 Å². The van der Waals surface area contributed by atoms with Crippen LogP contribution in [-0.4, -0.2) is 6.61 Å². The Bertz CT molecular complexity index is 648. The summed E-state index contributed by atoms with van der Waals surface area (Å²) in [5.41, 5.74) is 7.63. The van der Waals surface area contributed by atoms with E-state index in [0.717, 1.165) is 16.9 Å². The molecular formula is C15H13BrFNO2. The molecule has 0 bridgehead atoms. The van der Waals surface area contributed by atoms with E-state index in [1.54, 1.807) is 6.07 Å². The molecule has 1 unspecified atom stereocenters. The zero-order valence-electron chi connectivity index (χ0n) is 10.6. The lowest BCUT2D eigenvalue weighted by Gasteiger charge is -2.09. The molecule has 20 heavy (non-hydrogen) atoms. The summed E-state index contributed by atoms with van der Waals surface area (Å²) in [5, 5.41) is 0. The van der Waals surface area contributed by atoms with E-state index in [9.17, 15) is 4.39 Å². The lowest BCUT2D eigenvalue weighted by molar-refractivity contribution is 0.299. The van der Waals surface area contributed by atoms with Crippen molar-refractivity contribution in [1.82, 2.24) is 0 Å². The second-order valence-electron chi connectivity index (χ2n) is 4.62. The largest absolute Gasteiger partial charge is 0.491 e. The standard InChI is InChI=1S/C15H13BrFNO2/c16-15-9(2-1-3-12(15)17)7-19-10-4-5-11-13(18)8-20-14(11)6-10/h1-6,13H,7-8,18H2. The van der Waals surface area contributed by atoms with E-state index in [1.165, 1.54) is 6.07 Å². The highest BCUT2D eigenvalue weighted by Gasteiger charge is 2.20. The fourth-order valence-electron chi connectivity index (χ4n) is 2.13. The first kappa shape index (κ1) is 13.4. The molecule has 0 aromatic heterocycles. The molecular weight excluding hydrogens is 325 g/mol. The minimum Gasteiger partial charge on any atom is -0.491 e. The second-order valence-corrected chi connectivity index (χ2v) is 5.41. The highest BCUT2D eigenvalue weighted by Crippen LogP contribution is 2.34. The molecule has 1 aliphatic heterocycles. The summed E-state index contributed by atoms with van der Waals surface area (Å²) in [4.78, 5) is 0. The second kappa shape index (κ2) is 5.42. The van der Waals surface area contributed by atoms with Gasteiger partial charge in [0.15, 0.2) is 0 Å². The van der Waals surface area contributed by atoms with Gasteiger partial charge in [0.25, 0.3) is 0 Å². The predicted molar refractivity (Wildman–Crippen MR) is 77.3 cm³/mol. The van der Waals surface area contributed by atoms with E-state index in [-0.39, 0.29) is 18.5 Å². The Morgan fingerprint density at radius 3 is 3.05 bits per heavy atom. The quantitative estimate of drug-likeness (QED) is 0.931. The third-order valence-electron chi connectivity index (χ3n) is 3.23. The molecule has 3 nitrogen and oxygen atoms in total. The molecule has 5 heteroatoms. The molecule has 0 fully saturated rings. The van der Waals surface area contributed by atoms with Crippen molar-refractivity contribution in [2.24, 2.45) is 5.73 Å². The molecule has 0 saturated carbocycles. The highest BCUT2D eigenvalue weighted by atomic mass is 79.9. The van der Waals surface area contributed by atoms with Crippen molar-refractivity contribution in [1.29, 1.82) is 0 Å². The first-order valence-corrected chi connectivity index (χ1v) is 7.02. The van der Waals surface area contributed by atoms with E-state index in [2.05, 4.69) is 15.9 Å². The van der Waals surface area contributed by atoms with Crippen LogP contribution < -0.4 is 15.2 Å². The summed E-state index contributed by atoms with van der Waals surface area (Å²) in [6, 6.07) is 10.4. The molecule has 0 spiro atoms. The topological polar surface area (TPSA) is 44.5 Å². The van der Waals surface area contributed by atoms with Gasteiger partial charge in [0.1, 0.15) is 30.5 Å². The smallest absolute Gasteiger partial charge is 0.137 e.